The van der Waals surface area contributed by atoms with Gasteiger partial charge in [0.05, 0.1) is 5.56 Å². The van der Waals surface area contributed by atoms with Gasteiger partial charge in [-0.2, -0.15) is 13.2 Å². The van der Waals surface area contributed by atoms with E-state index in [1.54, 1.807) is 36.4 Å². The lowest BCUT2D eigenvalue weighted by molar-refractivity contribution is -0.154. The molecule has 0 spiro atoms. The summed E-state index contributed by atoms with van der Waals surface area (Å²) in [5, 5.41) is 3.60. The number of alkyl halides is 3. The number of nitrogens with zero attached hydrogens (tertiary/aromatic N) is 2. The van der Waals surface area contributed by atoms with Crippen LogP contribution >= 0.6 is 15.9 Å². The Kier molecular flexibility index (Phi) is 3.74. The fourth-order valence-corrected chi connectivity index (χ4v) is 2.33. The number of hydrogen-bond donors (Lipinski definition) is 0. The summed E-state index contributed by atoms with van der Waals surface area (Å²) in [5.41, 5.74) is 0.853. The molecule has 2 heterocycles. The molecule has 0 aliphatic heterocycles. The van der Waals surface area contributed by atoms with E-state index in [0.717, 1.165) is 4.47 Å². The molecule has 0 atom stereocenters. The van der Waals surface area contributed by atoms with Crippen LogP contribution < -0.4 is 0 Å². The Bertz CT molecular complexity index is 783. The maximum Gasteiger partial charge on any atom is 0.453 e. The number of benzene rings is 1. The Morgan fingerprint density at radius 3 is 2.32 bits per heavy atom. The van der Waals surface area contributed by atoms with Gasteiger partial charge in [0.15, 0.2) is 0 Å². The van der Waals surface area contributed by atoms with Crippen LogP contribution in [0.1, 0.15) is 5.76 Å². The van der Waals surface area contributed by atoms with Crippen molar-refractivity contribution in [2.45, 2.75) is 6.18 Å². The van der Waals surface area contributed by atoms with Crippen LogP contribution in [0.15, 0.2) is 57.8 Å². The third-order valence-corrected chi connectivity index (χ3v) is 3.55. The van der Waals surface area contributed by atoms with Gasteiger partial charge in [-0.3, -0.25) is 4.98 Å². The first-order valence-electron chi connectivity index (χ1n) is 6.20. The summed E-state index contributed by atoms with van der Waals surface area (Å²) in [7, 11) is 0. The zero-order valence-electron chi connectivity index (χ0n) is 10.9. The van der Waals surface area contributed by atoms with Crippen molar-refractivity contribution in [3.05, 3.63) is 59.0 Å². The Balaban J connectivity index is 2.24. The van der Waals surface area contributed by atoms with Gasteiger partial charge in [0.25, 0.3) is 0 Å². The van der Waals surface area contributed by atoms with Crippen molar-refractivity contribution in [1.82, 2.24) is 10.1 Å². The molecule has 0 aliphatic carbocycles. The minimum absolute atomic E-state index is 0.0898. The van der Waals surface area contributed by atoms with Gasteiger partial charge in [-0.15, -0.1) is 0 Å². The molecule has 0 bridgehead atoms. The summed E-state index contributed by atoms with van der Waals surface area (Å²) in [6.45, 7) is 0. The van der Waals surface area contributed by atoms with E-state index < -0.39 is 11.9 Å². The molecule has 0 fully saturated rings. The molecule has 22 heavy (non-hydrogen) atoms. The van der Waals surface area contributed by atoms with Crippen LogP contribution in [0.25, 0.3) is 22.4 Å². The molecule has 0 saturated carbocycles. The molecule has 1 aromatic carbocycles. The van der Waals surface area contributed by atoms with E-state index in [-0.39, 0.29) is 11.3 Å². The van der Waals surface area contributed by atoms with Gasteiger partial charge in [-0.1, -0.05) is 33.2 Å². The Hall–Kier alpha value is -2.15. The van der Waals surface area contributed by atoms with Crippen LogP contribution in [0, 0.1) is 0 Å². The van der Waals surface area contributed by atoms with Crippen LogP contribution in [-0.4, -0.2) is 10.1 Å². The Morgan fingerprint density at radius 2 is 1.73 bits per heavy atom. The Morgan fingerprint density at radius 1 is 1.00 bits per heavy atom. The molecule has 112 valence electrons. The maximum absolute atomic E-state index is 13.2. The van der Waals surface area contributed by atoms with Gasteiger partial charge in [-0.05, 0) is 29.8 Å². The second-order valence-electron chi connectivity index (χ2n) is 4.48. The predicted molar refractivity (Wildman–Crippen MR) is 77.9 cm³/mol. The maximum atomic E-state index is 13.2. The standard InChI is InChI=1S/C15H8BrF3N2O/c16-11-5-3-9(4-6-11)12-13(10-2-1-7-20-8-10)21-22-14(12)15(17,18)19/h1-8H. The summed E-state index contributed by atoms with van der Waals surface area (Å²) in [6, 6.07) is 9.73. The van der Waals surface area contributed by atoms with Gasteiger partial charge in [0.1, 0.15) is 5.69 Å². The molecule has 0 saturated heterocycles. The number of halogens is 4. The third-order valence-electron chi connectivity index (χ3n) is 3.02. The zero-order chi connectivity index (χ0) is 15.7. The summed E-state index contributed by atoms with van der Waals surface area (Å²) in [6.07, 6.45) is -1.65. The highest BCUT2D eigenvalue weighted by atomic mass is 79.9. The molecule has 2 aromatic heterocycles. The lowest BCUT2D eigenvalue weighted by Gasteiger charge is -2.07. The van der Waals surface area contributed by atoms with Crippen LogP contribution in [0.2, 0.25) is 0 Å². The number of rotatable bonds is 2. The van der Waals surface area contributed by atoms with Crippen molar-refractivity contribution in [2.75, 3.05) is 0 Å². The molecule has 0 aliphatic rings. The van der Waals surface area contributed by atoms with Gasteiger partial charge in [0, 0.05) is 22.4 Å². The molecule has 3 nitrogen and oxygen atoms in total. The SMILES string of the molecule is FC(F)(F)c1onc(-c2cccnc2)c1-c1ccc(Br)cc1. The van der Waals surface area contributed by atoms with Gasteiger partial charge in [0.2, 0.25) is 5.76 Å². The number of pyridine rings is 1. The molecule has 0 radical (unpaired) electrons. The van der Waals surface area contributed by atoms with Crippen molar-refractivity contribution in [1.29, 1.82) is 0 Å². The van der Waals surface area contributed by atoms with Crippen LogP contribution in [0.5, 0.6) is 0 Å². The summed E-state index contributed by atoms with van der Waals surface area (Å²) >= 11 is 3.26. The van der Waals surface area contributed by atoms with Gasteiger partial charge >= 0.3 is 6.18 Å². The van der Waals surface area contributed by atoms with Crippen molar-refractivity contribution in [3.63, 3.8) is 0 Å². The molecule has 0 amide bonds. The van der Waals surface area contributed by atoms with E-state index in [4.69, 9.17) is 0 Å². The molecular weight excluding hydrogens is 361 g/mol. The van der Waals surface area contributed by atoms with E-state index in [2.05, 4.69) is 30.6 Å². The van der Waals surface area contributed by atoms with E-state index in [0.29, 0.717) is 11.1 Å². The van der Waals surface area contributed by atoms with Gasteiger partial charge < -0.3 is 4.52 Å². The second-order valence-corrected chi connectivity index (χ2v) is 5.40. The zero-order valence-corrected chi connectivity index (χ0v) is 12.5. The lowest BCUT2D eigenvalue weighted by atomic mass is 10.00. The highest BCUT2D eigenvalue weighted by molar-refractivity contribution is 9.10. The molecule has 0 unspecified atom stereocenters. The quantitative estimate of drug-likeness (QED) is 0.625. The second kappa shape index (κ2) is 5.57. The van der Waals surface area contributed by atoms with Crippen molar-refractivity contribution in [2.24, 2.45) is 0 Å². The van der Waals surface area contributed by atoms with Crippen LogP contribution in [0.4, 0.5) is 13.2 Å². The van der Waals surface area contributed by atoms with E-state index in [9.17, 15) is 13.2 Å². The third kappa shape index (κ3) is 2.76. The average molecular weight is 369 g/mol. The van der Waals surface area contributed by atoms with Crippen LogP contribution in [-0.2, 0) is 6.18 Å². The molecule has 0 N–H and O–H groups in total. The first-order chi connectivity index (χ1) is 10.5. The highest BCUT2D eigenvalue weighted by Gasteiger charge is 2.41. The van der Waals surface area contributed by atoms with Crippen molar-refractivity contribution < 1.29 is 17.7 Å². The smallest absolute Gasteiger partial charge is 0.350 e. The van der Waals surface area contributed by atoms with E-state index in [1.165, 1.54) is 12.4 Å². The topological polar surface area (TPSA) is 38.9 Å². The predicted octanol–water partition coefficient (Wildman–Crippen LogP) is 5.18. The monoisotopic (exact) mass is 368 g/mol. The average Bonchev–Trinajstić information content (AvgIpc) is 2.94. The molecule has 3 aromatic rings. The summed E-state index contributed by atoms with van der Waals surface area (Å²) in [5.74, 6) is -1.12. The molecular formula is C15H8BrF3N2O. The first-order valence-corrected chi connectivity index (χ1v) is 6.99. The fraction of sp³-hybridized carbons (Fsp3) is 0.0667. The molecule has 7 heteroatoms. The fourth-order valence-electron chi connectivity index (χ4n) is 2.07. The largest absolute Gasteiger partial charge is 0.453 e. The number of aromatic nitrogens is 2. The van der Waals surface area contributed by atoms with Crippen LogP contribution in [0.3, 0.4) is 0 Å². The lowest BCUT2D eigenvalue weighted by Crippen LogP contribution is -2.05. The van der Waals surface area contributed by atoms with Crippen molar-refractivity contribution >= 4 is 15.9 Å². The molecule has 3 rings (SSSR count). The number of hydrogen-bond acceptors (Lipinski definition) is 3. The Labute approximate surface area is 131 Å². The first kappa shape index (κ1) is 14.8. The van der Waals surface area contributed by atoms with Gasteiger partial charge in [-0.25, -0.2) is 0 Å². The highest BCUT2D eigenvalue weighted by Crippen LogP contribution is 2.42. The normalized spacial score (nSPS) is 11.6. The summed E-state index contributed by atoms with van der Waals surface area (Å²) < 4.78 is 44.9. The summed E-state index contributed by atoms with van der Waals surface area (Å²) in [4.78, 5) is 3.91. The van der Waals surface area contributed by atoms with E-state index >= 15 is 0 Å². The minimum Gasteiger partial charge on any atom is -0.350 e. The minimum atomic E-state index is -4.63. The van der Waals surface area contributed by atoms with E-state index in [1.807, 2.05) is 0 Å². The van der Waals surface area contributed by atoms with Crippen molar-refractivity contribution in [3.8, 4) is 22.4 Å².